The van der Waals surface area contributed by atoms with Crippen LogP contribution in [0.4, 0.5) is 4.79 Å². The standard InChI is InChI=1S/C17H15N3O3/c21-17(22)18-14(11-12-7-3-1-4-8-12)16-20-19-15(23-16)13-9-5-2-6-10-13/h1-10,14,18H,11H2,(H,21,22)/t14-/m0/s1. The van der Waals surface area contributed by atoms with Crippen LogP contribution in [-0.4, -0.2) is 21.4 Å². The highest BCUT2D eigenvalue weighted by molar-refractivity contribution is 5.65. The van der Waals surface area contributed by atoms with Gasteiger partial charge in [0.15, 0.2) is 0 Å². The molecule has 0 spiro atoms. The first kappa shape index (κ1) is 14.8. The molecule has 0 unspecified atom stereocenters. The lowest BCUT2D eigenvalue weighted by Gasteiger charge is -2.12. The average Bonchev–Trinajstić information content (AvgIpc) is 3.06. The Morgan fingerprint density at radius 1 is 1.04 bits per heavy atom. The molecule has 3 aromatic rings. The number of amides is 1. The number of aromatic nitrogens is 2. The van der Waals surface area contributed by atoms with Crippen molar-refractivity contribution in [1.82, 2.24) is 15.5 Å². The quantitative estimate of drug-likeness (QED) is 0.755. The molecule has 0 aliphatic heterocycles. The summed E-state index contributed by atoms with van der Waals surface area (Å²) in [5.41, 5.74) is 1.77. The van der Waals surface area contributed by atoms with E-state index in [1.165, 1.54) is 0 Å². The van der Waals surface area contributed by atoms with Crippen LogP contribution in [0.25, 0.3) is 11.5 Å². The number of benzene rings is 2. The molecular formula is C17H15N3O3. The topological polar surface area (TPSA) is 88.2 Å². The number of nitrogens with zero attached hydrogens (tertiary/aromatic N) is 2. The second-order valence-corrected chi connectivity index (χ2v) is 5.00. The smallest absolute Gasteiger partial charge is 0.405 e. The van der Waals surface area contributed by atoms with E-state index in [4.69, 9.17) is 9.52 Å². The van der Waals surface area contributed by atoms with Crippen LogP contribution in [0.5, 0.6) is 0 Å². The van der Waals surface area contributed by atoms with Gasteiger partial charge >= 0.3 is 6.09 Å². The van der Waals surface area contributed by atoms with Gasteiger partial charge in [0, 0.05) is 12.0 Å². The molecule has 0 fully saturated rings. The van der Waals surface area contributed by atoms with Gasteiger partial charge in [0.2, 0.25) is 11.8 Å². The highest BCUT2D eigenvalue weighted by Gasteiger charge is 2.21. The molecule has 2 aromatic carbocycles. The number of hydrogen-bond donors (Lipinski definition) is 2. The zero-order chi connectivity index (χ0) is 16.1. The van der Waals surface area contributed by atoms with Gasteiger partial charge < -0.3 is 14.8 Å². The Hall–Kier alpha value is -3.15. The van der Waals surface area contributed by atoms with Crippen molar-refractivity contribution in [2.45, 2.75) is 12.5 Å². The van der Waals surface area contributed by atoms with Crippen molar-refractivity contribution < 1.29 is 14.3 Å². The lowest BCUT2D eigenvalue weighted by molar-refractivity contribution is 0.187. The van der Waals surface area contributed by atoms with E-state index in [9.17, 15) is 4.79 Å². The molecule has 6 nitrogen and oxygen atoms in total. The third-order valence-corrected chi connectivity index (χ3v) is 3.34. The maximum atomic E-state index is 11.0. The third kappa shape index (κ3) is 3.74. The van der Waals surface area contributed by atoms with Gasteiger partial charge in [0.05, 0.1) is 0 Å². The van der Waals surface area contributed by atoms with Crippen molar-refractivity contribution in [3.63, 3.8) is 0 Å². The fraction of sp³-hybridized carbons (Fsp3) is 0.118. The molecule has 3 rings (SSSR count). The number of hydrogen-bond acceptors (Lipinski definition) is 4. The lowest BCUT2D eigenvalue weighted by atomic mass is 10.1. The molecule has 0 saturated carbocycles. The number of nitrogens with one attached hydrogen (secondary N) is 1. The minimum Gasteiger partial charge on any atom is -0.465 e. The zero-order valence-electron chi connectivity index (χ0n) is 12.2. The molecule has 23 heavy (non-hydrogen) atoms. The van der Waals surface area contributed by atoms with Crippen LogP contribution in [0.2, 0.25) is 0 Å². The first-order chi connectivity index (χ1) is 11.2. The summed E-state index contributed by atoms with van der Waals surface area (Å²) in [6.07, 6.45) is -0.700. The summed E-state index contributed by atoms with van der Waals surface area (Å²) in [6.45, 7) is 0. The molecule has 6 heteroatoms. The van der Waals surface area contributed by atoms with Gasteiger partial charge in [0.1, 0.15) is 6.04 Å². The summed E-state index contributed by atoms with van der Waals surface area (Å²) >= 11 is 0. The molecule has 1 amide bonds. The van der Waals surface area contributed by atoms with E-state index in [0.29, 0.717) is 12.3 Å². The van der Waals surface area contributed by atoms with Crippen LogP contribution >= 0.6 is 0 Å². The summed E-state index contributed by atoms with van der Waals surface area (Å²) in [4.78, 5) is 11.0. The number of carboxylic acid groups (broad SMARTS) is 1. The Morgan fingerprint density at radius 3 is 2.35 bits per heavy atom. The highest BCUT2D eigenvalue weighted by Crippen LogP contribution is 2.22. The highest BCUT2D eigenvalue weighted by atomic mass is 16.4. The van der Waals surface area contributed by atoms with Crippen LogP contribution in [0.15, 0.2) is 65.1 Å². The first-order valence-electron chi connectivity index (χ1n) is 7.14. The molecule has 0 aliphatic rings. The molecule has 0 aliphatic carbocycles. The van der Waals surface area contributed by atoms with Crippen molar-refractivity contribution in [3.8, 4) is 11.5 Å². The van der Waals surface area contributed by atoms with E-state index in [-0.39, 0.29) is 5.89 Å². The fourth-order valence-corrected chi connectivity index (χ4v) is 2.27. The van der Waals surface area contributed by atoms with Gasteiger partial charge in [-0.2, -0.15) is 0 Å². The van der Waals surface area contributed by atoms with Gasteiger partial charge in [-0.05, 0) is 17.7 Å². The second-order valence-electron chi connectivity index (χ2n) is 5.00. The van der Waals surface area contributed by atoms with Gasteiger partial charge in [0.25, 0.3) is 0 Å². The largest absolute Gasteiger partial charge is 0.465 e. The van der Waals surface area contributed by atoms with Gasteiger partial charge in [-0.25, -0.2) is 4.79 Å². The van der Waals surface area contributed by atoms with E-state index in [1.54, 1.807) is 0 Å². The Morgan fingerprint density at radius 2 is 1.70 bits per heavy atom. The Bertz CT molecular complexity index is 772. The van der Waals surface area contributed by atoms with E-state index < -0.39 is 12.1 Å². The average molecular weight is 309 g/mol. The van der Waals surface area contributed by atoms with Crippen molar-refractivity contribution in [2.24, 2.45) is 0 Å². The minimum absolute atomic E-state index is 0.245. The van der Waals surface area contributed by atoms with Crippen LogP contribution in [0.1, 0.15) is 17.5 Å². The summed E-state index contributed by atoms with van der Waals surface area (Å²) in [7, 11) is 0. The molecule has 0 radical (unpaired) electrons. The normalized spacial score (nSPS) is 11.8. The number of rotatable bonds is 5. The van der Waals surface area contributed by atoms with E-state index in [2.05, 4.69) is 15.5 Å². The van der Waals surface area contributed by atoms with Crippen molar-refractivity contribution >= 4 is 6.09 Å². The molecule has 116 valence electrons. The van der Waals surface area contributed by atoms with Gasteiger partial charge in [-0.1, -0.05) is 48.5 Å². The molecular weight excluding hydrogens is 294 g/mol. The van der Waals surface area contributed by atoms with Crippen molar-refractivity contribution in [1.29, 1.82) is 0 Å². The van der Waals surface area contributed by atoms with Crippen LogP contribution < -0.4 is 5.32 Å². The predicted molar refractivity (Wildman–Crippen MR) is 83.8 cm³/mol. The summed E-state index contributed by atoms with van der Waals surface area (Å²) in [5.74, 6) is 0.612. The molecule has 2 N–H and O–H groups in total. The Balaban J connectivity index is 1.85. The summed E-state index contributed by atoms with van der Waals surface area (Å²) in [6, 6.07) is 18.3. The van der Waals surface area contributed by atoms with Crippen LogP contribution in [-0.2, 0) is 6.42 Å². The molecule has 1 aromatic heterocycles. The van der Waals surface area contributed by atoms with Crippen molar-refractivity contribution in [3.05, 3.63) is 72.1 Å². The maximum absolute atomic E-state index is 11.0. The molecule has 0 bridgehead atoms. The minimum atomic E-state index is -1.13. The molecule has 0 saturated heterocycles. The maximum Gasteiger partial charge on any atom is 0.405 e. The van der Waals surface area contributed by atoms with Crippen molar-refractivity contribution in [2.75, 3.05) is 0 Å². The van der Waals surface area contributed by atoms with Gasteiger partial charge in [-0.3, -0.25) is 0 Å². The van der Waals surface area contributed by atoms with E-state index >= 15 is 0 Å². The van der Waals surface area contributed by atoms with Crippen LogP contribution in [0, 0.1) is 0 Å². The summed E-state index contributed by atoms with van der Waals surface area (Å²) < 4.78 is 5.66. The second kappa shape index (κ2) is 6.74. The van der Waals surface area contributed by atoms with E-state index in [1.807, 2.05) is 60.7 Å². The monoisotopic (exact) mass is 309 g/mol. The fourth-order valence-electron chi connectivity index (χ4n) is 2.27. The summed E-state index contributed by atoms with van der Waals surface area (Å²) in [5, 5.41) is 19.5. The first-order valence-corrected chi connectivity index (χ1v) is 7.14. The predicted octanol–water partition coefficient (Wildman–Crippen LogP) is 3.29. The van der Waals surface area contributed by atoms with Gasteiger partial charge in [-0.15, -0.1) is 10.2 Å². The lowest BCUT2D eigenvalue weighted by Crippen LogP contribution is -2.28. The molecule has 1 atom stereocenters. The molecule has 1 heterocycles. The Kier molecular flexibility index (Phi) is 4.33. The van der Waals surface area contributed by atoms with E-state index in [0.717, 1.165) is 11.1 Å². The Labute approximate surface area is 132 Å². The third-order valence-electron chi connectivity index (χ3n) is 3.34. The van der Waals surface area contributed by atoms with Crippen LogP contribution in [0.3, 0.4) is 0 Å². The zero-order valence-corrected chi connectivity index (χ0v) is 12.2. The SMILES string of the molecule is O=C(O)N[C@@H](Cc1ccccc1)c1nnc(-c2ccccc2)o1. The number of carbonyl (C=O) groups is 1.